The molecule has 2 heterocycles. The molecule has 1 N–H and O–H groups in total. The first-order valence-electron chi connectivity index (χ1n) is 5.54. The van der Waals surface area contributed by atoms with Crippen molar-refractivity contribution in [2.24, 2.45) is 0 Å². The molecule has 0 fully saturated rings. The third-order valence-electron chi connectivity index (χ3n) is 2.52. The molecule has 17 heavy (non-hydrogen) atoms. The number of hydrogen-bond acceptors (Lipinski definition) is 3. The summed E-state index contributed by atoms with van der Waals surface area (Å²) in [5.74, 6) is 2.16. The lowest BCUT2D eigenvalue weighted by Gasteiger charge is -2.02. The second-order valence-electron chi connectivity index (χ2n) is 3.91. The summed E-state index contributed by atoms with van der Waals surface area (Å²) in [6, 6.07) is 5.47. The third kappa shape index (κ3) is 2.78. The molecule has 4 heteroatoms. The predicted octanol–water partition coefficient (Wildman–Crippen LogP) is 2.46. The molecule has 0 radical (unpaired) electrons. The van der Waals surface area contributed by atoms with Gasteiger partial charge in [-0.05, 0) is 32.0 Å². The molecule has 0 spiro atoms. The average Bonchev–Trinajstić information content (AvgIpc) is 2.88. The predicted molar refractivity (Wildman–Crippen MR) is 62.9 cm³/mol. The van der Waals surface area contributed by atoms with E-state index in [0.717, 1.165) is 11.5 Å². The highest BCUT2D eigenvalue weighted by Gasteiger charge is 2.12. The summed E-state index contributed by atoms with van der Waals surface area (Å²) in [6.45, 7) is 4.16. The molecule has 1 amide bonds. The van der Waals surface area contributed by atoms with E-state index in [4.69, 9.17) is 8.83 Å². The number of furan rings is 2. The van der Waals surface area contributed by atoms with Gasteiger partial charge in [0, 0.05) is 13.0 Å². The summed E-state index contributed by atoms with van der Waals surface area (Å²) in [5, 5.41) is 2.83. The normalized spacial score (nSPS) is 10.5. The molecule has 0 aliphatic carbocycles. The molecule has 4 nitrogen and oxygen atoms in total. The van der Waals surface area contributed by atoms with Gasteiger partial charge >= 0.3 is 0 Å². The van der Waals surface area contributed by atoms with Gasteiger partial charge in [0.1, 0.15) is 17.3 Å². The Bertz CT molecular complexity index is 497. The Balaban J connectivity index is 1.87. The van der Waals surface area contributed by atoms with Crippen molar-refractivity contribution in [1.82, 2.24) is 5.32 Å². The molecule has 0 bridgehead atoms. The van der Waals surface area contributed by atoms with Crippen LogP contribution in [0.25, 0.3) is 0 Å². The molecular formula is C13H15NO3. The fraction of sp³-hybridized carbons (Fsp3) is 0.308. The van der Waals surface area contributed by atoms with E-state index in [9.17, 15) is 4.79 Å². The van der Waals surface area contributed by atoms with Crippen molar-refractivity contribution in [2.45, 2.75) is 20.3 Å². The van der Waals surface area contributed by atoms with Crippen LogP contribution in [0.1, 0.15) is 27.6 Å². The molecule has 0 aliphatic rings. The van der Waals surface area contributed by atoms with E-state index in [1.807, 2.05) is 19.1 Å². The molecule has 2 aromatic heterocycles. The van der Waals surface area contributed by atoms with E-state index in [1.54, 1.807) is 19.3 Å². The van der Waals surface area contributed by atoms with Crippen LogP contribution in [0.3, 0.4) is 0 Å². The molecule has 0 aromatic carbocycles. The molecular weight excluding hydrogens is 218 g/mol. The summed E-state index contributed by atoms with van der Waals surface area (Å²) in [5.41, 5.74) is 0.599. The van der Waals surface area contributed by atoms with E-state index in [-0.39, 0.29) is 5.91 Å². The standard InChI is InChI=1S/C13H15NO3/c1-9-8-12(10(2)17-9)13(15)14-6-5-11-4-3-7-16-11/h3-4,7-8H,5-6H2,1-2H3,(H,14,15). The lowest BCUT2D eigenvalue weighted by Crippen LogP contribution is -2.25. The van der Waals surface area contributed by atoms with Gasteiger partial charge in [-0.3, -0.25) is 4.79 Å². The van der Waals surface area contributed by atoms with Gasteiger partial charge in [-0.2, -0.15) is 0 Å². The van der Waals surface area contributed by atoms with Gasteiger partial charge in [-0.1, -0.05) is 0 Å². The molecule has 0 saturated carbocycles. The smallest absolute Gasteiger partial charge is 0.254 e. The van der Waals surface area contributed by atoms with Crippen LogP contribution in [0.15, 0.2) is 33.3 Å². The fourth-order valence-electron chi connectivity index (χ4n) is 1.71. The number of aryl methyl sites for hydroxylation is 2. The molecule has 0 unspecified atom stereocenters. The van der Waals surface area contributed by atoms with E-state index in [0.29, 0.717) is 24.3 Å². The van der Waals surface area contributed by atoms with Crippen molar-refractivity contribution in [1.29, 1.82) is 0 Å². The van der Waals surface area contributed by atoms with Gasteiger partial charge in [0.15, 0.2) is 0 Å². The highest BCUT2D eigenvalue weighted by Crippen LogP contribution is 2.13. The maximum atomic E-state index is 11.8. The first kappa shape index (κ1) is 11.5. The van der Waals surface area contributed by atoms with E-state index < -0.39 is 0 Å². The Morgan fingerprint density at radius 3 is 2.82 bits per heavy atom. The summed E-state index contributed by atoms with van der Waals surface area (Å²) in [6.07, 6.45) is 2.31. The summed E-state index contributed by atoms with van der Waals surface area (Å²) in [7, 11) is 0. The third-order valence-corrected chi connectivity index (χ3v) is 2.52. The lowest BCUT2D eigenvalue weighted by atomic mass is 10.2. The first-order chi connectivity index (χ1) is 8.16. The zero-order valence-corrected chi connectivity index (χ0v) is 9.95. The number of carbonyl (C=O) groups excluding carboxylic acids is 1. The van der Waals surface area contributed by atoms with Crippen LogP contribution in [0, 0.1) is 13.8 Å². The molecule has 0 atom stereocenters. The van der Waals surface area contributed by atoms with Crippen LogP contribution >= 0.6 is 0 Å². The van der Waals surface area contributed by atoms with Crippen LogP contribution in [-0.2, 0) is 6.42 Å². The fourth-order valence-corrected chi connectivity index (χ4v) is 1.71. The van der Waals surface area contributed by atoms with Gasteiger partial charge < -0.3 is 14.2 Å². The number of carbonyl (C=O) groups is 1. The van der Waals surface area contributed by atoms with Gasteiger partial charge in [0.05, 0.1) is 11.8 Å². The summed E-state index contributed by atoms with van der Waals surface area (Å²) < 4.78 is 10.5. The van der Waals surface area contributed by atoms with Gasteiger partial charge in [-0.25, -0.2) is 0 Å². The summed E-state index contributed by atoms with van der Waals surface area (Å²) in [4.78, 5) is 11.8. The minimum Gasteiger partial charge on any atom is -0.469 e. The SMILES string of the molecule is Cc1cc(C(=O)NCCc2ccco2)c(C)o1. The number of amides is 1. The zero-order chi connectivity index (χ0) is 12.3. The molecule has 2 rings (SSSR count). The quantitative estimate of drug-likeness (QED) is 0.882. The lowest BCUT2D eigenvalue weighted by molar-refractivity contribution is 0.0952. The molecule has 2 aromatic rings. The summed E-state index contributed by atoms with van der Waals surface area (Å²) >= 11 is 0. The van der Waals surface area contributed by atoms with E-state index in [1.165, 1.54) is 0 Å². The maximum absolute atomic E-state index is 11.8. The molecule has 0 saturated heterocycles. The van der Waals surface area contributed by atoms with E-state index >= 15 is 0 Å². The highest BCUT2D eigenvalue weighted by atomic mass is 16.3. The van der Waals surface area contributed by atoms with Crippen molar-refractivity contribution < 1.29 is 13.6 Å². The van der Waals surface area contributed by atoms with Crippen LogP contribution < -0.4 is 5.32 Å². The zero-order valence-electron chi connectivity index (χ0n) is 9.95. The Morgan fingerprint density at radius 2 is 2.24 bits per heavy atom. The molecule has 90 valence electrons. The van der Waals surface area contributed by atoms with Crippen LogP contribution in [0.2, 0.25) is 0 Å². The van der Waals surface area contributed by atoms with Crippen LogP contribution in [-0.4, -0.2) is 12.5 Å². The highest BCUT2D eigenvalue weighted by molar-refractivity contribution is 5.95. The van der Waals surface area contributed by atoms with Crippen molar-refractivity contribution in [2.75, 3.05) is 6.54 Å². The Kier molecular flexibility index (Phi) is 3.32. The second kappa shape index (κ2) is 4.91. The topological polar surface area (TPSA) is 55.4 Å². The Labute approximate surface area is 99.6 Å². The van der Waals surface area contributed by atoms with Crippen molar-refractivity contribution >= 4 is 5.91 Å². The van der Waals surface area contributed by atoms with Crippen LogP contribution in [0.5, 0.6) is 0 Å². The van der Waals surface area contributed by atoms with Crippen molar-refractivity contribution in [3.05, 3.63) is 47.3 Å². The second-order valence-corrected chi connectivity index (χ2v) is 3.91. The van der Waals surface area contributed by atoms with E-state index in [2.05, 4.69) is 5.32 Å². The number of hydrogen-bond donors (Lipinski definition) is 1. The monoisotopic (exact) mass is 233 g/mol. The minimum atomic E-state index is -0.106. The first-order valence-corrected chi connectivity index (χ1v) is 5.54. The van der Waals surface area contributed by atoms with Crippen LogP contribution in [0.4, 0.5) is 0 Å². The minimum absolute atomic E-state index is 0.106. The molecule has 0 aliphatic heterocycles. The maximum Gasteiger partial charge on any atom is 0.254 e. The number of nitrogens with one attached hydrogen (secondary N) is 1. The Morgan fingerprint density at radius 1 is 1.41 bits per heavy atom. The van der Waals surface area contributed by atoms with Gasteiger partial charge in [0.25, 0.3) is 5.91 Å². The van der Waals surface area contributed by atoms with Crippen molar-refractivity contribution in [3.8, 4) is 0 Å². The Hall–Kier alpha value is -1.97. The van der Waals surface area contributed by atoms with Gasteiger partial charge in [0.2, 0.25) is 0 Å². The number of rotatable bonds is 4. The van der Waals surface area contributed by atoms with Crippen molar-refractivity contribution in [3.63, 3.8) is 0 Å². The average molecular weight is 233 g/mol. The van der Waals surface area contributed by atoms with Gasteiger partial charge in [-0.15, -0.1) is 0 Å². The largest absolute Gasteiger partial charge is 0.469 e.